The van der Waals surface area contributed by atoms with Gasteiger partial charge in [0.05, 0.1) is 6.33 Å². The topological polar surface area (TPSA) is 92.0 Å². The maximum absolute atomic E-state index is 9.57. The Kier molecular flexibility index (Phi) is 4.76. The number of imidazole rings is 1. The van der Waals surface area contributed by atoms with Crippen molar-refractivity contribution in [2.24, 2.45) is 5.73 Å². The lowest BCUT2D eigenvalue weighted by Gasteiger charge is -1.90. The van der Waals surface area contributed by atoms with Crippen molar-refractivity contribution in [1.82, 2.24) is 9.97 Å². The molecule has 0 aliphatic carbocycles. The molecule has 1 heterocycles. The maximum atomic E-state index is 9.57. The largest absolute Gasteiger partial charge is 0.480 e. The van der Waals surface area contributed by atoms with E-state index >= 15 is 0 Å². The molecule has 0 saturated carbocycles. The van der Waals surface area contributed by atoms with E-state index in [0.717, 1.165) is 0 Å². The zero-order chi connectivity index (χ0) is 8.69. The molecule has 5 nitrogen and oxygen atoms in total. The number of nitrogens with zero attached hydrogens (tertiary/aromatic N) is 1. The number of aromatic amines is 1. The van der Waals surface area contributed by atoms with Crippen molar-refractivity contribution < 1.29 is 9.90 Å². The maximum Gasteiger partial charge on any atom is 0.320 e. The highest BCUT2D eigenvalue weighted by Gasteiger charge is 1.99. The average Bonchev–Trinajstić information content (AvgIpc) is 2.41. The zero-order valence-corrected chi connectivity index (χ0v) is 6.19. The number of carboxylic acids is 1. The van der Waals surface area contributed by atoms with Crippen LogP contribution < -0.4 is 5.73 Å². The van der Waals surface area contributed by atoms with Crippen LogP contribution in [0, 0.1) is 0 Å². The van der Waals surface area contributed by atoms with Crippen LogP contribution in [0.3, 0.4) is 0 Å². The minimum Gasteiger partial charge on any atom is -0.480 e. The van der Waals surface area contributed by atoms with Crippen LogP contribution >= 0.6 is 0 Å². The third-order valence-corrected chi connectivity index (χ3v) is 0.795. The lowest BCUT2D eigenvalue weighted by molar-refractivity contribution is -0.138. The van der Waals surface area contributed by atoms with Gasteiger partial charge in [0, 0.05) is 12.4 Å². The molecule has 0 spiro atoms. The van der Waals surface area contributed by atoms with Gasteiger partial charge in [0.2, 0.25) is 0 Å². The fourth-order valence-corrected chi connectivity index (χ4v) is 0.215. The van der Waals surface area contributed by atoms with Crippen molar-refractivity contribution in [2.45, 2.75) is 13.0 Å². The molecule has 0 aromatic carbocycles. The molecule has 1 atom stereocenters. The molecule has 0 fully saturated rings. The summed E-state index contributed by atoms with van der Waals surface area (Å²) < 4.78 is 0. The first-order valence-electron chi connectivity index (χ1n) is 3.05. The molecule has 5 heteroatoms. The summed E-state index contributed by atoms with van der Waals surface area (Å²) in [6.07, 6.45) is 5.08. The predicted octanol–water partition coefficient (Wildman–Crippen LogP) is -0.172. The smallest absolute Gasteiger partial charge is 0.320 e. The van der Waals surface area contributed by atoms with Crippen molar-refractivity contribution in [3.05, 3.63) is 18.7 Å². The van der Waals surface area contributed by atoms with Crippen molar-refractivity contribution in [2.75, 3.05) is 0 Å². The van der Waals surface area contributed by atoms with E-state index in [1.54, 1.807) is 18.7 Å². The van der Waals surface area contributed by atoms with Crippen LogP contribution in [0.1, 0.15) is 6.92 Å². The van der Waals surface area contributed by atoms with Crippen LogP contribution in [0.15, 0.2) is 18.7 Å². The minimum absolute atomic E-state index is 0.731. The molecule has 1 rings (SSSR count). The van der Waals surface area contributed by atoms with Crippen molar-refractivity contribution in [1.29, 1.82) is 0 Å². The summed E-state index contributed by atoms with van der Waals surface area (Å²) in [7, 11) is 0. The number of aliphatic carboxylic acids is 1. The first-order valence-corrected chi connectivity index (χ1v) is 3.05. The Morgan fingerprint density at radius 1 is 1.82 bits per heavy atom. The molecule has 11 heavy (non-hydrogen) atoms. The number of nitrogens with two attached hydrogens (primary N) is 1. The number of aromatic nitrogens is 2. The molecule has 4 N–H and O–H groups in total. The lowest BCUT2D eigenvalue weighted by Crippen LogP contribution is -2.25. The van der Waals surface area contributed by atoms with Crippen LogP contribution in [0.5, 0.6) is 0 Å². The highest BCUT2D eigenvalue weighted by atomic mass is 16.4. The van der Waals surface area contributed by atoms with Gasteiger partial charge in [-0.2, -0.15) is 0 Å². The van der Waals surface area contributed by atoms with Crippen molar-refractivity contribution in [3.8, 4) is 0 Å². The monoisotopic (exact) mass is 157 g/mol. The average molecular weight is 157 g/mol. The SMILES string of the molecule is C[C@H](N)C(=O)O.c1c[nH]cn1. The van der Waals surface area contributed by atoms with Crippen LogP contribution in [0.4, 0.5) is 0 Å². The van der Waals surface area contributed by atoms with E-state index in [0.29, 0.717) is 0 Å². The Hall–Kier alpha value is -1.36. The summed E-state index contributed by atoms with van der Waals surface area (Å²) in [5.74, 6) is -0.963. The number of H-pyrrole nitrogens is 1. The van der Waals surface area contributed by atoms with Gasteiger partial charge in [0.25, 0.3) is 0 Å². The number of hydrogen-bond acceptors (Lipinski definition) is 3. The highest BCUT2D eigenvalue weighted by Crippen LogP contribution is 1.68. The standard InChI is InChI=1S/C3H4N2.C3H7NO2/c1-2-5-3-4-1;1-2(4)3(5)6/h1-3H,(H,4,5);2H,4H2,1H3,(H,5,6)/t;2-/m.0/s1. The quantitative estimate of drug-likeness (QED) is 0.527. The second kappa shape index (κ2) is 5.43. The number of carbonyl (C=O) groups is 1. The van der Waals surface area contributed by atoms with Gasteiger partial charge in [-0.05, 0) is 6.92 Å². The van der Waals surface area contributed by atoms with Gasteiger partial charge in [0.15, 0.2) is 0 Å². The fourth-order valence-electron chi connectivity index (χ4n) is 0.215. The fraction of sp³-hybridized carbons (Fsp3) is 0.333. The van der Waals surface area contributed by atoms with E-state index in [4.69, 9.17) is 10.8 Å². The van der Waals surface area contributed by atoms with Gasteiger partial charge in [-0.15, -0.1) is 0 Å². The van der Waals surface area contributed by atoms with Gasteiger partial charge in [-0.1, -0.05) is 0 Å². The van der Waals surface area contributed by atoms with Gasteiger partial charge < -0.3 is 15.8 Å². The molecule has 0 saturated heterocycles. The van der Waals surface area contributed by atoms with Gasteiger partial charge in [-0.3, -0.25) is 4.79 Å². The number of carboxylic acid groups (broad SMARTS) is 1. The molecule has 0 bridgehead atoms. The summed E-state index contributed by atoms with van der Waals surface area (Å²) in [5, 5.41) is 7.87. The molecule has 0 amide bonds. The summed E-state index contributed by atoms with van der Waals surface area (Å²) in [4.78, 5) is 16.0. The summed E-state index contributed by atoms with van der Waals surface area (Å²) in [6.45, 7) is 1.42. The minimum atomic E-state index is -0.963. The molecule has 0 radical (unpaired) electrons. The molecular weight excluding hydrogens is 146 g/mol. The van der Waals surface area contributed by atoms with Crippen LogP contribution in [-0.4, -0.2) is 27.1 Å². The van der Waals surface area contributed by atoms with E-state index in [1.807, 2.05) is 0 Å². The zero-order valence-electron chi connectivity index (χ0n) is 6.19. The van der Waals surface area contributed by atoms with Crippen LogP contribution in [0.2, 0.25) is 0 Å². The second-order valence-corrected chi connectivity index (χ2v) is 1.89. The molecule has 0 aliphatic heterocycles. The molecule has 1 aromatic heterocycles. The third-order valence-electron chi connectivity index (χ3n) is 0.795. The van der Waals surface area contributed by atoms with Crippen LogP contribution in [-0.2, 0) is 4.79 Å². The van der Waals surface area contributed by atoms with Gasteiger partial charge in [0.1, 0.15) is 6.04 Å². The first kappa shape index (κ1) is 9.64. The Morgan fingerprint density at radius 3 is 2.45 bits per heavy atom. The Morgan fingerprint density at radius 2 is 2.36 bits per heavy atom. The first-order chi connectivity index (χ1) is 5.14. The molecule has 0 aliphatic rings. The van der Waals surface area contributed by atoms with E-state index in [1.165, 1.54) is 6.92 Å². The van der Waals surface area contributed by atoms with Gasteiger partial charge >= 0.3 is 5.97 Å². The van der Waals surface area contributed by atoms with Crippen LogP contribution in [0.25, 0.3) is 0 Å². The van der Waals surface area contributed by atoms with E-state index in [9.17, 15) is 4.79 Å². The van der Waals surface area contributed by atoms with Crippen molar-refractivity contribution in [3.63, 3.8) is 0 Å². The number of hydrogen-bond donors (Lipinski definition) is 3. The second-order valence-electron chi connectivity index (χ2n) is 1.89. The highest BCUT2D eigenvalue weighted by molar-refractivity contribution is 5.72. The summed E-state index contributed by atoms with van der Waals surface area (Å²) >= 11 is 0. The van der Waals surface area contributed by atoms with E-state index in [-0.39, 0.29) is 0 Å². The number of rotatable bonds is 1. The molecule has 1 aromatic rings. The molecule has 0 unspecified atom stereocenters. The number of nitrogens with one attached hydrogen (secondary N) is 1. The lowest BCUT2D eigenvalue weighted by atomic mass is 10.4. The Balaban J connectivity index is 0.000000183. The normalized spacial score (nSPS) is 11.1. The third kappa shape index (κ3) is 6.53. The molecule has 62 valence electrons. The van der Waals surface area contributed by atoms with Gasteiger partial charge in [-0.25, -0.2) is 4.98 Å². The summed E-state index contributed by atoms with van der Waals surface area (Å²) in [6, 6.07) is -0.731. The Bertz CT molecular complexity index is 166. The molecular formula is C6H11N3O2. The van der Waals surface area contributed by atoms with E-state index in [2.05, 4.69) is 9.97 Å². The summed E-state index contributed by atoms with van der Waals surface area (Å²) in [5.41, 5.74) is 4.84. The van der Waals surface area contributed by atoms with Crippen molar-refractivity contribution >= 4 is 5.97 Å². The van der Waals surface area contributed by atoms with E-state index < -0.39 is 12.0 Å². The Labute approximate surface area is 64.3 Å². The predicted molar refractivity (Wildman–Crippen MR) is 39.9 cm³/mol.